The highest BCUT2D eigenvalue weighted by Gasteiger charge is 2.42. The maximum atomic E-state index is 12.8. The van der Waals surface area contributed by atoms with Crippen LogP contribution in [-0.2, 0) is 29.2 Å². The first-order valence-corrected chi connectivity index (χ1v) is 29.0. The van der Waals surface area contributed by atoms with Gasteiger partial charge in [-0.1, -0.05) is 196 Å². The summed E-state index contributed by atoms with van der Waals surface area (Å²) in [6.07, 6.45) is 8.40. The van der Waals surface area contributed by atoms with Crippen molar-refractivity contribution >= 4 is 78.0 Å². The fraction of sp³-hybridized carbons (Fsp3) is 0.267. The molecule has 0 bridgehead atoms. The molecule has 0 saturated heterocycles. The van der Waals surface area contributed by atoms with E-state index in [1.165, 1.54) is 64.7 Å². The lowest BCUT2D eigenvalue weighted by atomic mass is 9.82. The molecule has 0 unspecified atom stereocenters. The molecule has 0 spiro atoms. The summed E-state index contributed by atoms with van der Waals surface area (Å²) >= 11 is 0. The Balaban J connectivity index is 1.32. The van der Waals surface area contributed by atoms with Crippen molar-refractivity contribution < 1.29 is 23.1 Å². The van der Waals surface area contributed by atoms with Gasteiger partial charge in [-0.3, -0.25) is 0 Å². The molecule has 2 saturated carbocycles. The van der Waals surface area contributed by atoms with Crippen LogP contribution >= 0.6 is 15.8 Å². The van der Waals surface area contributed by atoms with E-state index < -0.39 is 35.8 Å². The summed E-state index contributed by atoms with van der Waals surface area (Å²) < 4.78 is 24.9. The van der Waals surface area contributed by atoms with Gasteiger partial charge in [0, 0.05) is 34.0 Å². The highest BCUT2D eigenvalue weighted by Crippen LogP contribution is 2.52. The Morgan fingerprint density at radius 1 is 0.456 bits per heavy atom. The summed E-state index contributed by atoms with van der Waals surface area (Å²) in [6.45, 7) is 0.569. The third-order valence-corrected chi connectivity index (χ3v) is 22.4. The molecule has 8 heteroatoms. The number of rotatable bonds is 17. The predicted molar refractivity (Wildman–Crippen MR) is 289 cm³/mol. The Labute approximate surface area is 406 Å². The average Bonchev–Trinajstić information content (AvgIpc) is 4.08. The van der Waals surface area contributed by atoms with Gasteiger partial charge in [0.05, 0.1) is 11.2 Å². The maximum absolute atomic E-state index is 12.8. The summed E-state index contributed by atoms with van der Waals surface area (Å²) in [6, 6.07) is 68.5. The second kappa shape index (κ2) is 20.6. The first-order valence-electron chi connectivity index (χ1n) is 24.4. The monoisotopic (exact) mass is 952 g/mol. The van der Waals surface area contributed by atoms with Crippen molar-refractivity contribution in [3.63, 3.8) is 0 Å². The van der Waals surface area contributed by atoms with E-state index in [4.69, 9.17) is 18.0 Å². The lowest BCUT2D eigenvalue weighted by molar-refractivity contribution is -0.0455. The second-order valence-corrected chi connectivity index (χ2v) is 25.9. The molecule has 0 aromatic heterocycles. The van der Waals surface area contributed by atoms with E-state index in [0.717, 1.165) is 68.7 Å². The quantitative estimate of drug-likeness (QED) is 0.0560. The Morgan fingerprint density at radius 3 is 1.22 bits per heavy atom. The SMILES string of the molecule is CO[Si](CCCOC1(c2cc(P(c3ccccc3)c3ccccc3)c(-c3c(P(c4ccccc4)c4ccccc4)cc(C4(O)CCCC4)c4ccccc34)c3ccccc23)CCCC1)(OC)OC. The molecule has 5 nitrogen and oxygen atoms in total. The second-order valence-electron chi connectivity index (χ2n) is 18.4. The summed E-state index contributed by atoms with van der Waals surface area (Å²) in [7, 11) is 0.0447. The van der Waals surface area contributed by atoms with Gasteiger partial charge >= 0.3 is 8.80 Å². The van der Waals surface area contributed by atoms with Crippen LogP contribution in [0.5, 0.6) is 0 Å². The Hall–Kier alpha value is -4.84. The molecule has 8 aromatic carbocycles. The molecule has 68 heavy (non-hydrogen) atoms. The number of benzene rings is 8. The molecule has 0 aliphatic heterocycles. The molecule has 0 heterocycles. The molecule has 8 aromatic rings. The number of ether oxygens (including phenoxy) is 1. The maximum Gasteiger partial charge on any atom is 0.500 e. The summed E-state index contributed by atoms with van der Waals surface area (Å²) in [4.78, 5) is 0. The van der Waals surface area contributed by atoms with Crippen LogP contribution in [0, 0.1) is 0 Å². The molecular weight excluding hydrogens is 891 g/mol. The van der Waals surface area contributed by atoms with E-state index in [2.05, 4.69) is 182 Å². The molecule has 346 valence electrons. The highest BCUT2D eigenvalue weighted by molar-refractivity contribution is 7.80. The van der Waals surface area contributed by atoms with Crippen LogP contribution < -0.4 is 31.8 Å². The fourth-order valence-corrected chi connectivity index (χ4v) is 18.0. The van der Waals surface area contributed by atoms with Crippen molar-refractivity contribution in [1.29, 1.82) is 0 Å². The van der Waals surface area contributed by atoms with Crippen molar-refractivity contribution in [2.24, 2.45) is 0 Å². The van der Waals surface area contributed by atoms with E-state index in [0.29, 0.717) is 12.7 Å². The van der Waals surface area contributed by atoms with E-state index in [1.54, 1.807) is 21.3 Å². The molecule has 2 fully saturated rings. The molecule has 0 radical (unpaired) electrons. The largest absolute Gasteiger partial charge is 0.500 e. The summed E-state index contributed by atoms with van der Waals surface area (Å²) in [5, 5.41) is 25.4. The van der Waals surface area contributed by atoms with Gasteiger partial charge in [-0.15, -0.1) is 0 Å². The average molecular weight is 953 g/mol. The smallest absolute Gasteiger partial charge is 0.385 e. The van der Waals surface area contributed by atoms with Gasteiger partial charge in [0.15, 0.2) is 0 Å². The topological polar surface area (TPSA) is 57.2 Å². The van der Waals surface area contributed by atoms with Crippen LogP contribution in [0.2, 0.25) is 6.04 Å². The normalized spacial score (nSPS) is 15.8. The van der Waals surface area contributed by atoms with E-state index >= 15 is 0 Å². The fourth-order valence-electron chi connectivity index (χ4n) is 11.3. The zero-order valence-electron chi connectivity index (χ0n) is 39.6. The number of fused-ring (bicyclic) bond motifs is 2. The number of hydrogen-bond acceptors (Lipinski definition) is 5. The van der Waals surface area contributed by atoms with Gasteiger partial charge < -0.3 is 23.1 Å². The van der Waals surface area contributed by atoms with E-state index in [-0.39, 0.29) is 0 Å². The molecule has 0 amide bonds. The van der Waals surface area contributed by atoms with Crippen LogP contribution in [-0.4, -0.2) is 41.8 Å². The molecule has 0 atom stereocenters. The van der Waals surface area contributed by atoms with Crippen molar-refractivity contribution in [2.45, 2.75) is 75.0 Å². The highest BCUT2D eigenvalue weighted by atomic mass is 31.1. The van der Waals surface area contributed by atoms with Gasteiger partial charge in [-0.2, -0.15) is 0 Å². The standard InChI is InChI=1S/C60H62O5P2Si/c1-62-68(63-2,64-3)42-24-41-65-60(39-22-23-40-60)54-44-56(67(47-29-12-6-13-30-47)48-31-14-7-15-32-48)58(52-36-19-17-34-50(52)54)57-51-35-18-16-33-49(51)53(59(61)37-20-21-38-59)43-55(57)66(45-25-8-4-9-26-45)46-27-10-5-11-28-46/h4-19,25-36,43-44,61H,20-24,37-42H2,1-3H3. The van der Waals surface area contributed by atoms with Crippen LogP contribution in [0.3, 0.4) is 0 Å². The van der Waals surface area contributed by atoms with Gasteiger partial charge in [0.1, 0.15) is 0 Å². The Morgan fingerprint density at radius 2 is 0.809 bits per heavy atom. The summed E-state index contributed by atoms with van der Waals surface area (Å²) in [5.74, 6) is 0. The van der Waals surface area contributed by atoms with Crippen molar-refractivity contribution in [2.75, 3.05) is 27.9 Å². The van der Waals surface area contributed by atoms with Crippen LogP contribution in [0.4, 0.5) is 0 Å². The Kier molecular flexibility index (Phi) is 14.2. The van der Waals surface area contributed by atoms with Gasteiger partial charge in [0.25, 0.3) is 0 Å². The third-order valence-electron chi connectivity index (χ3n) is 14.6. The minimum atomic E-state index is -2.78. The van der Waals surface area contributed by atoms with Gasteiger partial charge in [0.2, 0.25) is 0 Å². The van der Waals surface area contributed by atoms with E-state index in [1.807, 2.05) is 0 Å². The van der Waals surface area contributed by atoms with E-state index in [9.17, 15) is 5.11 Å². The van der Waals surface area contributed by atoms with Gasteiger partial charge in [-0.25, -0.2) is 0 Å². The first-order chi connectivity index (χ1) is 33.4. The molecular formula is C60H62O5P2Si. The molecule has 2 aliphatic carbocycles. The van der Waals surface area contributed by atoms with Crippen molar-refractivity contribution in [3.05, 3.63) is 193 Å². The predicted octanol–water partition coefficient (Wildman–Crippen LogP) is 12.0. The zero-order chi connectivity index (χ0) is 46.6. The minimum absolute atomic E-state index is 0.486. The van der Waals surface area contributed by atoms with Crippen LogP contribution in [0.1, 0.15) is 68.9 Å². The minimum Gasteiger partial charge on any atom is -0.385 e. The molecule has 10 rings (SSSR count). The number of aliphatic hydroxyl groups is 1. The van der Waals surface area contributed by atoms with Gasteiger partial charge in [-0.05, 0) is 136 Å². The molecule has 2 aliphatic rings. The van der Waals surface area contributed by atoms with Crippen molar-refractivity contribution in [1.82, 2.24) is 0 Å². The van der Waals surface area contributed by atoms with Crippen LogP contribution in [0.15, 0.2) is 182 Å². The molecule has 1 N–H and O–H groups in total. The Bertz CT molecular complexity index is 2870. The number of hydrogen-bond donors (Lipinski definition) is 1. The lowest BCUT2D eigenvalue weighted by Crippen LogP contribution is -2.43. The zero-order valence-corrected chi connectivity index (χ0v) is 42.4. The lowest BCUT2D eigenvalue weighted by Gasteiger charge is -2.35. The summed E-state index contributed by atoms with van der Waals surface area (Å²) in [5.41, 5.74) is 3.45. The third kappa shape index (κ3) is 8.96. The van der Waals surface area contributed by atoms with Crippen LogP contribution in [0.25, 0.3) is 32.7 Å². The first kappa shape index (κ1) is 46.9. The van der Waals surface area contributed by atoms with Crippen molar-refractivity contribution in [3.8, 4) is 11.1 Å².